The Hall–Kier alpha value is -2.66. The Kier molecular flexibility index (Phi) is 4.12. The Morgan fingerprint density at radius 1 is 1.09 bits per heavy atom. The molecule has 2 aromatic carbocycles. The van der Waals surface area contributed by atoms with Crippen molar-refractivity contribution in [3.8, 4) is 11.5 Å². The maximum absolute atomic E-state index is 12.1. The molecular formula is C17H14ClN3O2. The van der Waals surface area contributed by atoms with Crippen LogP contribution in [0.5, 0.6) is 0 Å². The van der Waals surface area contributed by atoms with Gasteiger partial charge in [0.15, 0.2) is 0 Å². The fourth-order valence-corrected chi connectivity index (χ4v) is 2.25. The highest BCUT2D eigenvalue weighted by Crippen LogP contribution is 2.22. The number of carbonyl (C=O) groups excluding carboxylic acids is 1. The van der Waals surface area contributed by atoms with Gasteiger partial charge in [-0.25, -0.2) is 0 Å². The van der Waals surface area contributed by atoms with Crippen LogP contribution in [0, 0.1) is 13.8 Å². The van der Waals surface area contributed by atoms with E-state index in [0.717, 1.165) is 11.1 Å². The number of aryl methyl sites for hydroxylation is 2. The van der Waals surface area contributed by atoms with Gasteiger partial charge in [0, 0.05) is 16.1 Å². The van der Waals surface area contributed by atoms with E-state index in [1.807, 2.05) is 32.0 Å². The molecule has 116 valence electrons. The highest BCUT2D eigenvalue weighted by molar-refractivity contribution is 6.31. The number of nitrogens with zero attached hydrogens (tertiary/aromatic N) is 2. The molecule has 0 aliphatic carbocycles. The number of nitrogens with one attached hydrogen (secondary N) is 1. The van der Waals surface area contributed by atoms with Gasteiger partial charge in [-0.3, -0.25) is 10.1 Å². The van der Waals surface area contributed by atoms with E-state index in [9.17, 15) is 4.79 Å². The SMILES string of the molecule is Cc1ccc(-c2nnc(NC(=O)c3cccc(Cl)c3)o2)cc1C. The van der Waals surface area contributed by atoms with E-state index < -0.39 is 0 Å². The highest BCUT2D eigenvalue weighted by atomic mass is 35.5. The molecule has 1 N–H and O–H groups in total. The molecule has 0 fully saturated rings. The van der Waals surface area contributed by atoms with Gasteiger partial charge in [0.25, 0.3) is 5.91 Å². The zero-order valence-electron chi connectivity index (χ0n) is 12.6. The summed E-state index contributed by atoms with van der Waals surface area (Å²) < 4.78 is 5.50. The van der Waals surface area contributed by atoms with Crippen LogP contribution in [0.15, 0.2) is 46.9 Å². The summed E-state index contributed by atoms with van der Waals surface area (Å²) in [6.45, 7) is 4.04. The molecule has 0 atom stereocenters. The lowest BCUT2D eigenvalue weighted by Gasteiger charge is -2.02. The molecule has 3 rings (SSSR count). The van der Waals surface area contributed by atoms with Gasteiger partial charge in [-0.2, -0.15) is 0 Å². The van der Waals surface area contributed by atoms with Crippen LogP contribution in [0.1, 0.15) is 21.5 Å². The van der Waals surface area contributed by atoms with Gasteiger partial charge in [-0.05, 0) is 55.3 Å². The number of anilines is 1. The molecular weight excluding hydrogens is 314 g/mol. The van der Waals surface area contributed by atoms with Crippen molar-refractivity contribution in [1.29, 1.82) is 0 Å². The maximum Gasteiger partial charge on any atom is 0.322 e. The number of hydrogen-bond acceptors (Lipinski definition) is 4. The van der Waals surface area contributed by atoms with Gasteiger partial charge in [0.2, 0.25) is 5.89 Å². The number of aromatic nitrogens is 2. The molecule has 0 aliphatic rings. The molecule has 1 aromatic heterocycles. The number of benzene rings is 2. The molecule has 0 unspecified atom stereocenters. The van der Waals surface area contributed by atoms with E-state index in [1.54, 1.807) is 24.3 Å². The molecule has 0 saturated carbocycles. The van der Waals surface area contributed by atoms with Crippen LogP contribution >= 0.6 is 11.6 Å². The fraction of sp³-hybridized carbons (Fsp3) is 0.118. The van der Waals surface area contributed by atoms with E-state index in [0.29, 0.717) is 16.5 Å². The van der Waals surface area contributed by atoms with E-state index in [4.69, 9.17) is 16.0 Å². The molecule has 3 aromatic rings. The van der Waals surface area contributed by atoms with Gasteiger partial charge in [-0.1, -0.05) is 28.8 Å². The van der Waals surface area contributed by atoms with Crippen molar-refractivity contribution < 1.29 is 9.21 Å². The van der Waals surface area contributed by atoms with Crippen molar-refractivity contribution in [2.75, 3.05) is 5.32 Å². The molecule has 1 heterocycles. The zero-order valence-corrected chi connectivity index (χ0v) is 13.4. The average molecular weight is 328 g/mol. The van der Waals surface area contributed by atoms with Crippen LogP contribution in [-0.4, -0.2) is 16.1 Å². The predicted molar refractivity (Wildman–Crippen MR) is 88.6 cm³/mol. The normalized spacial score (nSPS) is 10.6. The Labute approximate surface area is 138 Å². The highest BCUT2D eigenvalue weighted by Gasteiger charge is 2.13. The summed E-state index contributed by atoms with van der Waals surface area (Å²) in [5.41, 5.74) is 3.54. The average Bonchev–Trinajstić information content (AvgIpc) is 2.98. The first-order chi connectivity index (χ1) is 11.0. The lowest BCUT2D eigenvalue weighted by molar-refractivity contribution is 0.102. The van der Waals surface area contributed by atoms with Crippen molar-refractivity contribution in [2.45, 2.75) is 13.8 Å². The molecule has 0 radical (unpaired) electrons. The Morgan fingerprint density at radius 2 is 1.91 bits per heavy atom. The first-order valence-electron chi connectivity index (χ1n) is 7.01. The van der Waals surface area contributed by atoms with E-state index in [1.165, 1.54) is 5.56 Å². The van der Waals surface area contributed by atoms with Crippen molar-refractivity contribution in [1.82, 2.24) is 10.2 Å². The second-order valence-electron chi connectivity index (χ2n) is 5.18. The standard InChI is InChI=1S/C17H14ClN3O2/c1-10-6-7-13(8-11(10)2)16-20-21-17(23-16)19-15(22)12-4-3-5-14(18)9-12/h3-9H,1-2H3,(H,19,21,22). The Balaban J connectivity index is 1.79. The van der Waals surface area contributed by atoms with Gasteiger partial charge in [-0.15, -0.1) is 5.10 Å². The van der Waals surface area contributed by atoms with Gasteiger partial charge < -0.3 is 4.42 Å². The number of carbonyl (C=O) groups is 1. The number of halogens is 1. The van der Waals surface area contributed by atoms with E-state index in [2.05, 4.69) is 15.5 Å². The topological polar surface area (TPSA) is 68.0 Å². The van der Waals surface area contributed by atoms with Crippen molar-refractivity contribution in [2.24, 2.45) is 0 Å². The summed E-state index contributed by atoms with van der Waals surface area (Å²) in [7, 11) is 0. The van der Waals surface area contributed by atoms with Crippen molar-refractivity contribution in [3.05, 3.63) is 64.2 Å². The smallest absolute Gasteiger partial charge is 0.322 e. The van der Waals surface area contributed by atoms with Crippen LogP contribution in [0.2, 0.25) is 5.02 Å². The number of hydrogen-bond donors (Lipinski definition) is 1. The first kappa shape index (κ1) is 15.2. The van der Waals surface area contributed by atoms with Crippen LogP contribution in [-0.2, 0) is 0 Å². The maximum atomic E-state index is 12.1. The minimum absolute atomic E-state index is 0.0446. The van der Waals surface area contributed by atoms with Gasteiger partial charge in [0.05, 0.1) is 0 Å². The van der Waals surface area contributed by atoms with Crippen LogP contribution in [0.3, 0.4) is 0 Å². The Morgan fingerprint density at radius 3 is 2.65 bits per heavy atom. The Bertz CT molecular complexity index is 874. The van der Waals surface area contributed by atoms with Crippen LogP contribution in [0.4, 0.5) is 6.01 Å². The third-order valence-corrected chi connectivity index (χ3v) is 3.72. The third kappa shape index (κ3) is 3.40. The molecule has 0 aliphatic heterocycles. The predicted octanol–water partition coefficient (Wildman–Crippen LogP) is 4.26. The molecule has 5 nitrogen and oxygen atoms in total. The van der Waals surface area contributed by atoms with Crippen molar-refractivity contribution >= 4 is 23.5 Å². The summed E-state index contributed by atoms with van der Waals surface area (Å²) in [6, 6.07) is 12.5. The minimum atomic E-state index is -0.359. The summed E-state index contributed by atoms with van der Waals surface area (Å²) in [4.78, 5) is 12.1. The molecule has 0 bridgehead atoms. The monoisotopic (exact) mass is 327 g/mol. The third-order valence-electron chi connectivity index (χ3n) is 3.49. The summed E-state index contributed by atoms with van der Waals surface area (Å²) in [5.74, 6) is -0.00252. The summed E-state index contributed by atoms with van der Waals surface area (Å²) in [5, 5.41) is 10.9. The molecule has 0 spiro atoms. The second-order valence-corrected chi connectivity index (χ2v) is 5.61. The summed E-state index contributed by atoms with van der Waals surface area (Å²) in [6.07, 6.45) is 0. The lowest BCUT2D eigenvalue weighted by Crippen LogP contribution is -2.11. The minimum Gasteiger partial charge on any atom is -0.403 e. The van der Waals surface area contributed by atoms with Crippen LogP contribution in [0.25, 0.3) is 11.5 Å². The van der Waals surface area contributed by atoms with Gasteiger partial charge >= 0.3 is 6.01 Å². The zero-order chi connectivity index (χ0) is 16.4. The number of rotatable bonds is 3. The lowest BCUT2D eigenvalue weighted by atomic mass is 10.1. The quantitative estimate of drug-likeness (QED) is 0.780. The van der Waals surface area contributed by atoms with E-state index >= 15 is 0 Å². The fourth-order valence-electron chi connectivity index (χ4n) is 2.06. The molecule has 1 amide bonds. The molecule has 0 saturated heterocycles. The second kappa shape index (κ2) is 6.22. The number of amides is 1. The van der Waals surface area contributed by atoms with E-state index in [-0.39, 0.29) is 11.9 Å². The molecule has 23 heavy (non-hydrogen) atoms. The first-order valence-corrected chi connectivity index (χ1v) is 7.39. The summed E-state index contributed by atoms with van der Waals surface area (Å²) >= 11 is 5.87. The van der Waals surface area contributed by atoms with Gasteiger partial charge in [0.1, 0.15) is 0 Å². The molecule has 6 heteroatoms. The van der Waals surface area contributed by atoms with Crippen LogP contribution < -0.4 is 5.32 Å². The largest absolute Gasteiger partial charge is 0.403 e. The van der Waals surface area contributed by atoms with Crippen molar-refractivity contribution in [3.63, 3.8) is 0 Å².